The van der Waals surface area contributed by atoms with E-state index in [1.165, 1.54) is 11.3 Å². The summed E-state index contributed by atoms with van der Waals surface area (Å²) in [5, 5.41) is 8.36. The van der Waals surface area contributed by atoms with Crippen molar-refractivity contribution in [3.05, 3.63) is 34.5 Å². The third-order valence-corrected chi connectivity index (χ3v) is 3.70. The minimum absolute atomic E-state index is 0.520. The van der Waals surface area contributed by atoms with Gasteiger partial charge < -0.3 is 10.3 Å². The first kappa shape index (κ1) is 10.4. The number of hydrogen-bond acceptors (Lipinski definition) is 7. The van der Waals surface area contributed by atoms with Crippen LogP contribution in [-0.4, -0.2) is 15.1 Å². The number of nitrogen functional groups attached to an aromatic ring is 1. The van der Waals surface area contributed by atoms with Gasteiger partial charge in [-0.25, -0.2) is 4.98 Å². The van der Waals surface area contributed by atoms with Gasteiger partial charge in [0.1, 0.15) is 0 Å². The first-order valence-corrected chi connectivity index (χ1v) is 6.63. The molecule has 0 atom stereocenters. The Morgan fingerprint density at radius 1 is 1.29 bits per heavy atom. The molecule has 0 fully saturated rings. The normalized spacial score (nSPS) is 10.8. The third kappa shape index (κ3) is 2.20. The van der Waals surface area contributed by atoms with Crippen LogP contribution < -0.4 is 5.73 Å². The van der Waals surface area contributed by atoms with E-state index in [0.717, 1.165) is 10.6 Å². The molecule has 0 aliphatic heterocycles. The molecule has 3 aromatic heterocycles. The molecule has 0 radical (unpaired) electrons. The highest BCUT2D eigenvalue weighted by Crippen LogP contribution is 2.22. The van der Waals surface area contributed by atoms with E-state index in [-0.39, 0.29) is 0 Å². The van der Waals surface area contributed by atoms with Crippen molar-refractivity contribution in [2.24, 2.45) is 0 Å². The number of nitrogens with zero attached hydrogens (tertiary/aromatic N) is 3. The van der Waals surface area contributed by atoms with E-state index in [1.54, 1.807) is 11.3 Å². The Hall–Kier alpha value is -1.73. The van der Waals surface area contributed by atoms with E-state index in [1.807, 2.05) is 22.9 Å². The molecule has 3 rings (SSSR count). The van der Waals surface area contributed by atoms with E-state index in [9.17, 15) is 0 Å². The van der Waals surface area contributed by atoms with Gasteiger partial charge >= 0.3 is 0 Å². The Balaban J connectivity index is 1.81. The van der Waals surface area contributed by atoms with Crippen LogP contribution in [0.25, 0.3) is 10.7 Å². The monoisotopic (exact) mass is 264 g/mol. The van der Waals surface area contributed by atoms with E-state index >= 15 is 0 Å². The first-order chi connectivity index (χ1) is 8.31. The summed E-state index contributed by atoms with van der Waals surface area (Å²) in [6.07, 6.45) is 0.520. The Kier molecular flexibility index (Phi) is 2.62. The average Bonchev–Trinajstić information content (AvgIpc) is 3.00. The largest absolute Gasteiger partial charge is 0.375 e. The predicted octanol–water partition coefficient (Wildman–Crippen LogP) is 2.43. The summed E-state index contributed by atoms with van der Waals surface area (Å²) < 4.78 is 5.17. The highest BCUT2D eigenvalue weighted by Gasteiger charge is 2.11. The number of thiazole rings is 1. The molecule has 0 aliphatic rings. The van der Waals surface area contributed by atoms with Crippen molar-refractivity contribution < 1.29 is 4.52 Å². The van der Waals surface area contributed by atoms with Crippen LogP contribution in [0.5, 0.6) is 0 Å². The molecule has 5 nitrogen and oxygen atoms in total. The topological polar surface area (TPSA) is 77.8 Å². The Morgan fingerprint density at radius 3 is 2.94 bits per heavy atom. The fourth-order valence-electron chi connectivity index (χ4n) is 1.39. The molecule has 0 saturated carbocycles. The molecule has 0 aliphatic carbocycles. The molecule has 3 heterocycles. The molecule has 0 spiro atoms. The summed E-state index contributed by atoms with van der Waals surface area (Å²) in [6, 6.07) is 3.91. The van der Waals surface area contributed by atoms with Gasteiger partial charge in [-0.2, -0.15) is 4.98 Å². The second-order valence-electron chi connectivity index (χ2n) is 3.34. The van der Waals surface area contributed by atoms with Crippen LogP contribution in [0.3, 0.4) is 0 Å². The van der Waals surface area contributed by atoms with Gasteiger partial charge in [0.15, 0.2) is 5.13 Å². The zero-order valence-electron chi connectivity index (χ0n) is 8.66. The van der Waals surface area contributed by atoms with Crippen LogP contribution in [0.2, 0.25) is 0 Å². The maximum absolute atomic E-state index is 5.56. The molecule has 0 unspecified atom stereocenters. The zero-order chi connectivity index (χ0) is 11.7. The Labute approximate surface area is 105 Å². The molecule has 3 aromatic rings. The SMILES string of the molecule is Nc1nc(Cc2nc(-c3cccs3)no2)cs1. The summed E-state index contributed by atoms with van der Waals surface area (Å²) in [5.74, 6) is 1.18. The van der Waals surface area contributed by atoms with Crippen LogP contribution in [0, 0.1) is 0 Å². The Bertz CT molecular complexity index is 614. The van der Waals surface area contributed by atoms with Gasteiger partial charge in [-0.3, -0.25) is 0 Å². The van der Waals surface area contributed by atoms with Crippen LogP contribution in [0.4, 0.5) is 5.13 Å². The van der Waals surface area contributed by atoms with Crippen LogP contribution in [0.15, 0.2) is 27.4 Å². The summed E-state index contributed by atoms with van der Waals surface area (Å²) in [4.78, 5) is 9.46. The lowest BCUT2D eigenvalue weighted by Crippen LogP contribution is -1.90. The van der Waals surface area contributed by atoms with Gasteiger partial charge in [-0.1, -0.05) is 11.2 Å². The van der Waals surface area contributed by atoms with Crippen molar-refractivity contribution >= 4 is 27.8 Å². The highest BCUT2D eigenvalue weighted by atomic mass is 32.1. The summed E-state index contributed by atoms with van der Waals surface area (Å²) >= 11 is 2.99. The number of hydrogen-bond donors (Lipinski definition) is 1. The molecule has 17 heavy (non-hydrogen) atoms. The molecule has 7 heteroatoms. The predicted molar refractivity (Wildman–Crippen MR) is 66.9 cm³/mol. The molecular weight excluding hydrogens is 256 g/mol. The lowest BCUT2D eigenvalue weighted by Gasteiger charge is -1.87. The molecule has 86 valence electrons. The molecule has 0 bridgehead atoms. The molecular formula is C10H8N4OS2. The Morgan fingerprint density at radius 2 is 2.24 bits per heavy atom. The second-order valence-corrected chi connectivity index (χ2v) is 5.18. The third-order valence-electron chi connectivity index (χ3n) is 2.11. The van der Waals surface area contributed by atoms with E-state index in [0.29, 0.717) is 23.3 Å². The summed E-state index contributed by atoms with van der Waals surface area (Å²) in [7, 11) is 0. The standard InChI is InChI=1S/C10H8N4OS2/c11-10-12-6(5-17-10)4-8-13-9(14-15-8)7-2-1-3-16-7/h1-3,5H,4H2,(H2,11,12). The fourth-order valence-corrected chi connectivity index (χ4v) is 2.60. The number of anilines is 1. The van der Waals surface area contributed by atoms with Crippen LogP contribution in [0.1, 0.15) is 11.6 Å². The first-order valence-electron chi connectivity index (χ1n) is 4.87. The number of nitrogens with two attached hydrogens (primary N) is 1. The smallest absolute Gasteiger partial charge is 0.233 e. The van der Waals surface area contributed by atoms with E-state index in [4.69, 9.17) is 10.3 Å². The number of thiophene rings is 1. The van der Waals surface area contributed by atoms with Crippen molar-refractivity contribution in [2.75, 3.05) is 5.73 Å². The minimum atomic E-state index is 0.520. The van der Waals surface area contributed by atoms with Crippen molar-refractivity contribution in [2.45, 2.75) is 6.42 Å². The zero-order valence-corrected chi connectivity index (χ0v) is 10.3. The van der Waals surface area contributed by atoms with Crippen molar-refractivity contribution in [1.82, 2.24) is 15.1 Å². The van der Waals surface area contributed by atoms with Crippen LogP contribution >= 0.6 is 22.7 Å². The van der Waals surface area contributed by atoms with E-state index < -0.39 is 0 Å². The maximum Gasteiger partial charge on any atom is 0.233 e. The second kappa shape index (κ2) is 4.27. The highest BCUT2D eigenvalue weighted by molar-refractivity contribution is 7.13. The van der Waals surface area contributed by atoms with E-state index in [2.05, 4.69) is 15.1 Å². The van der Waals surface area contributed by atoms with Gasteiger partial charge in [0, 0.05) is 5.38 Å². The lowest BCUT2D eigenvalue weighted by atomic mass is 10.3. The van der Waals surface area contributed by atoms with Gasteiger partial charge in [-0.15, -0.1) is 22.7 Å². The van der Waals surface area contributed by atoms with Crippen molar-refractivity contribution in [1.29, 1.82) is 0 Å². The summed E-state index contributed by atoms with van der Waals surface area (Å²) in [5.41, 5.74) is 6.41. The molecule has 0 saturated heterocycles. The molecule has 0 aromatic carbocycles. The molecule has 2 N–H and O–H groups in total. The van der Waals surface area contributed by atoms with Gasteiger partial charge in [0.05, 0.1) is 17.0 Å². The summed E-state index contributed by atoms with van der Waals surface area (Å²) in [6.45, 7) is 0. The van der Waals surface area contributed by atoms with Gasteiger partial charge in [0.2, 0.25) is 11.7 Å². The number of aromatic nitrogens is 3. The van der Waals surface area contributed by atoms with Crippen molar-refractivity contribution in [3.8, 4) is 10.7 Å². The molecule has 0 amide bonds. The quantitative estimate of drug-likeness (QED) is 0.786. The lowest BCUT2D eigenvalue weighted by molar-refractivity contribution is 0.385. The van der Waals surface area contributed by atoms with Gasteiger partial charge in [-0.05, 0) is 11.4 Å². The minimum Gasteiger partial charge on any atom is -0.375 e. The van der Waals surface area contributed by atoms with Crippen molar-refractivity contribution in [3.63, 3.8) is 0 Å². The maximum atomic E-state index is 5.56. The fraction of sp³-hybridized carbons (Fsp3) is 0.100. The van der Waals surface area contributed by atoms with Crippen LogP contribution in [-0.2, 0) is 6.42 Å². The van der Waals surface area contributed by atoms with Gasteiger partial charge in [0.25, 0.3) is 0 Å². The number of rotatable bonds is 3. The average molecular weight is 264 g/mol.